The average Bonchev–Trinajstić information content (AvgIpc) is 2.83. The van der Waals surface area contributed by atoms with E-state index in [2.05, 4.69) is 10.6 Å². The summed E-state index contributed by atoms with van der Waals surface area (Å²) in [7, 11) is 0. The largest absolute Gasteiger partial charge is 0.460 e. The molecule has 0 saturated heterocycles. The Morgan fingerprint density at radius 1 is 0.618 bits per heavy atom. The Kier molecular flexibility index (Phi) is 11.7. The summed E-state index contributed by atoms with van der Waals surface area (Å²) in [6.45, 7) is 1.61. The second kappa shape index (κ2) is 15.1. The Hall–Kier alpha value is -3.83. The molecule has 0 aromatic heterocycles. The van der Waals surface area contributed by atoms with E-state index in [1.807, 2.05) is 0 Å². The lowest BCUT2D eigenvalue weighted by Crippen LogP contribution is -2.39. The number of carbonyl (C=O) groups excluding carboxylic acids is 3. The van der Waals surface area contributed by atoms with Crippen LogP contribution in [0.15, 0.2) is 48.5 Å². The van der Waals surface area contributed by atoms with Crippen LogP contribution < -0.4 is 22.1 Å². The summed E-state index contributed by atoms with van der Waals surface area (Å²) in [6.07, 6.45) is 0. The minimum absolute atomic E-state index is 0.0742. The highest BCUT2D eigenvalue weighted by Crippen LogP contribution is 2.12. The van der Waals surface area contributed by atoms with Gasteiger partial charge in [0.1, 0.15) is 13.2 Å². The summed E-state index contributed by atoms with van der Waals surface area (Å²) < 4.78 is 20.8. The number of nitrogens with one attached hydrogen (secondary N) is 2. The first-order chi connectivity index (χ1) is 16.5. The molecule has 11 heteroatoms. The first-order valence-electron chi connectivity index (χ1n) is 10.7. The number of carbonyl (C=O) groups is 3. The van der Waals surface area contributed by atoms with Gasteiger partial charge in [-0.25, -0.2) is 14.4 Å². The third-order valence-electron chi connectivity index (χ3n) is 4.35. The number of nitrogen functional groups attached to an aromatic ring is 2. The molecule has 0 spiro atoms. The van der Waals surface area contributed by atoms with Crippen LogP contribution in [0.2, 0.25) is 0 Å². The van der Waals surface area contributed by atoms with E-state index in [9.17, 15) is 14.4 Å². The van der Waals surface area contributed by atoms with Gasteiger partial charge in [0.15, 0.2) is 0 Å². The molecule has 0 unspecified atom stereocenters. The van der Waals surface area contributed by atoms with Crippen molar-refractivity contribution in [1.29, 1.82) is 0 Å². The van der Waals surface area contributed by atoms with Gasteiger partial charge in [-0.2, -0.15) is 0 Å². The number of urea groups is 1. The highest BCUT2D eigenvalue weighted by molar-refractivity contribution is 5.95. The minimum Gasteiger partial charge on any atom is -0.460 e. The molecule has 2 aromatic carbocycles. The van der Waals surface area contributed by atoms with Crippen LogP contribution in [-0.2, 0) is 18.9 Å². The molecule has 34 heavy (non-hydrogen) atoms. The summed E-state index contributed by atoms with van der Waals surface area (Å²) >= 11 is 0. The molecule has 0 aliphatic heterocycles. The molecular weight excluding hydrogens is 444 g/mol. The first kappa shape index (κ1) is 26.4. The Morgan fingerprint density at radius 3 is 1.44 bits per heavy atom. The Labute approximate surface area is 197 Å². The van der Waals surface area contributed by atoms with Crippen molar-refractivity contribution < 1.29 is 33.3 Å². The van der Waals surface area contributed by atoms with Gasteiger partial charge in [-0.05, 0) is 24.3 Å². The van der Waals surface area contributed by atoms with Crippen molar-refractivity contribution in [3.63, 3.8) is 0 Å². The molecule has 0 radical (unpaired) electrons. The second-order valence-electron chi connectivity index (χ2n) is 6.85. The van der Waals surface area contributed by atoms with Crippen LogP contribution in [0.4, 0.5) is 16.2 Å². The average molecular weight is 475 g/mol. The minimum atomic E-state index is -0.513. The maximum absolute atomic E-state index is 11.9. The van der Waals surface area contributed by atoms with Crippen molar-refractivity contribution in [3.8, 4) is 0 Å². The van der Waals surface area contributed by atoms with Crippen LogP contribution in [0.25, 0.3) is 0 Å². The quantitative estimate of drug-likeness (QED) is 0.179. The van der Waals surface area contributed by atoms with E-state index in [1.165, 1.54) is 0 Å². The number of esters is 2. The summed E-state index contributed by atoms with van der Waals surface area (Å²) in [4.78, 5) is 35.4. The molecule has 11 nitrogen and oxygen atoms in total. The van der Waals surface area contributed by atoms with Crippen molar-refractivity contribution >= 4 is 29.3 Å². The first-order valence-corrected chi connectivity index (χ1v) is 10.7. The highest BCUT2D eigenvalue weighted by Gasteiger charge is 2.10. The van der Waals surface area contributed by atoms with Gasteiger partial charge in [-0.1, -0.05) is 24.3 Å². The molecule has 2 rings (SSSR count). The van der Waals surface area contributed by atoms with Gasteiger partial charge in [-0.15, -0.1) is 0 Å². The zero-order chi connectivity index (χ0) is 24.6. The van der Waals surface area contributed by atoms with E-state index in [4.69, 9.17) is 30.4 Å². The van der Waals surface area contributed by atoms with Gasteiger partial charge < -0.3 is 41.0 Å². The maximum Gasteiger partial charge on any atom is 0.340 e. The highest BCUT2D eigenvalue weighted by atomic mass is 16.6. The molecule has 0 aliphatic carbocycles. The van der Waals surface area contributed by atoms with E-state index < -0.39 is 11.9 Å². The zero-order valence-corrected chi connectivity index (χ0v) is 18.8. The summed E-state index contributed by atoms with van der Waals surface area (Å²) in [5.74, 6) is -1.03. The van der Waals surface area contributed by atoms with Crippen molar-refractivity contribution in [3.05, 3.63) is 59.7 Å². The standard InChI is InChI=1S/C23H30N4O7/c24-19-7-3-1-5-17(19)21(28)33-15-13-31-11-9-26-23(30)27-10-12-32-14-16-34-22(29)18-6-2-4-8-20(18)25/h1-8H,9-16,24-25H2,(H2,26,27,30). The number of benzene rings is 2. The van der Waals surface area contributed by atoms with Gasteiger partial charge in [0.05, 0.1) is 37.6 Å². The number of nitrogens with two attached hydrogens (primary N) is 2. The lowest BCUT2D eigenvalue weighted by Gasteiger charge is -2.10. The van der Waals surface area contributed by atoms with Crippen molar-refractivity contribution in [1.82, 2.24) is 10.6 Å². The fourth-order valence-electron chi connectivity index (χ4n) is 2.65. The van der Waals surface area contributed by atoms with Gasteiger partial charge in [0.2, 0.25) is 0 Å². The summed E-state index contributed by atoms with van der Waals surface area (Å²) in [5, 5.41) is 5.24. The van der Waals surface area contributed by atoms with E-state index in [1.54, 1.807) is 48.5 Å². The maximum atomic E-state index is 11.9. The van der Waals surface area contributed by atoms with Crippen LogP contribution in [0, 0.1) is 0 Å². The Morgan fingerprint density at radius 2 is 1.03 bits per heavy atom. The third kappa shape index (κ3) is 9.76. The van der Waals surface area contributed by atoms with Gasteiger partial charge in [0.25, 0.3) is 0 Å². The second-order valence-corrected chi connectivity index (χ2v) is 6.85. The van der Waals surface area contributed by atoms with Crippen LogP contribution in [0.3, 0.4) is 0 Å². The predicted molar refractivity (Wildman–Crippen MR) is 125 cm³/mol. The number of rotatable bonds is 14. The molecular formula is C23H30N4O7. The predicted octanol–water partition coefficient (Wildman–Crippen LogP) is 1.20. The van der Waals surface area contributed by atoms with E-state index in [0.717, 1.165) is 0 Å². The normalized spacial score (nSPS) is 10.4. The zero-order valence-electron chi connectivity index (χ0n) is 18.8. The number of amides is 2. The monoisotopic (exact) mass is 474 g/mol. The topological polar surface area (TPSA) is 164 Å². The Bertz CT molecular complexity index is 866. The lowest BCUT2D eigenvalue weighted by molar-refractivity contribution is 0.0323. The number of hydrogen-bond donors (Lipinski definition) is 4. The summed E-state index contributed by atoms with van der Waals surface area (Å²) in [6, 6.07) is 12.9. The molecule has 0 atom stereocenters. The van der Waals surface area contributed by atoms with Gasteiger partial charge in [0, 0.05) is 24.5 Å². The molecule has 6 N–H and O–H groups in total. The lowest BCUT2D eigenvalue weighted by atomic mass is 10.2. The van der Waals surface area contributed by atoms with Crippen molar-refractivity contribution in [2.45, 2.75) is 0 Å². The van der Waals surface area contributed by atoms with E-state index in [0.29, 0.717) is 22.5 Å². The van der Waals surface area contributed by atoms with Gasteiger partial charge in [-0.3, -0.25) is 0 Å². The van der Waals surface area contributed by atoms with Crippen molar-refractivity contribution in [2.24, 2.45) is 0 Å². The molecule has 184 valence electrons. The van der Waals surface area contributed by atoms with Crippen LogP contribution in [0.5, 0.6) is 0 Å². The van der Waals surface area contributed by atoms with Gasteiger partial charge >= 0.3 is 18.0 Å². The third-order valence-corrected chi connectivity index (χ3v) is 4.35. The van der Waals surface area contributed by atoms with Crippen LogP contribution >= 0.6 is 0 Å². The molecule has 0 fully saturated rings. The van der Waals surface area contributed by atoms with E-state index in [-0.39, 0.29) is 58.8 Å². The number of hydrogen-bond acceptors (Lipinski definition) is 9. The number of para-hydroxylation sites is 2. The summed E-state index contributed by atoms with van der Waals surface area (Å²) in [5.41, 5.74) is 12.7. The number of ether oxygens (including phenoxy) is 4. The smallest absolute Gasteiger partial charge is 0.340 e. The fourth-order valence-corrected chi connectivity index (χ4v) is 2.65. The van der Waals surface area contributed by atoms with E-state index >= 15 is 0 Å². The molecule has 0 saturated carbocycles. The molecule has 0 bridgehead atoms. The molecule has 0 heterocycles. The molecule has 2 amide bonds. The fraction of sp³-hybridized carbons (Fsp3) is 0.348. The molecule has 0 aliphatic rings. The Balaban J connectivity index is 1.40. The molecule has 2 aromatic rings. The van der Waals surface area contributed by atoms with Crippen LogP contribution in [0.1, 0.15) is 20.7 Å². The van der Waals surface area contributed by atoms with Crippen LogP contribution in [-0.4, -0.2) is 70.7 Å². The van der Waals surface area contributed by atoms with Crippen molar-refractivity contribution in [2.75, 3.05) is 64.2 Å². The number of anilines is 2. The SMILES string of the molecule is Nc1ccccc1C(=O)OCCOCCNC(=O)NCCOCCOC(=O)c1ccccc1N.